The first kappa shape index (κ1) is 28.3. The smallest absolute Gasteiger partial charge is 0.534 e. The minimum absolute atomic E-state index is 0.395. The fourth-order valence-electron chi connectivity index (χ4n) is 3.83. The normalized spacial score (nSPS) is 13.4. The largest absolute Gasteiger partial charge is 0.741 e. The Kier molecular flexibility index (Phi) is 6.68. The molecule has 17 heteroatoms. The highest BCUT2D eigenvalue weighted by Gasteiger charge is 2.48. The van der Waals surface area contributed by atoms with Crippen LogP contribution in [0.4, 0.5) is 30.7 Å². The summed E-state index contributed by atoms with van der Waals surface area (Å²) in [6.07, 6.45) is 0. The number of hydrogen-bond acceptors (Lipinski definition) is 7. The van der Waals surface area contributed by atoms with Gasteiger partial charge in [0, 0.05) is 5.39 Å². The SMILES string of the molecule is C[n+]1c2c3c(cccc3c3ccc(OS(=O)(=O)C(F)(F)F)cc31)Oc1ccc(F)cc1-2.O=S(=O)([O-])C(F)(F)F. The number of ether oxygens (including phenoxy) is 1. The number of rotatable bonds is 2. The third-order valence-corrected chi connectivity index (χ3v) is 6.95. The summed E-state index contributed by atoms with van der Waals surface area (Å²) in [7, 11) is -10.3. The van der Waals surface area contributed by atoms with E-state index in [1.165, 1.54) is 30.3 Å². The average Bonchev–Trinajstić information content (AvgIpc) is 2.80. The van der Waals surface area contributed by atoms with Gasteiger partial charge in [0.05, 0.1) is 22.4 Å². The van der Waals surface area contributed by atoms with E-state index in [2.05, 4.69) is 4.18 Å². The zero-order chi connectivity index (χ0) is 29.1. The molecule has 0 amide bonds. The number of benzene rings is 3. The second-order valence-electron chi connectivity index (χ2n) is 7.89. The number of aromatic nitrogens is 1. The molecule has 3 aromatic carbocycles. The molecule has 39 heavy (non-hydrogen) atoms. The van der Waals surface area contributed by atoms with E-state index in [1.807, 2.05) is 0 Å². The predicted molar refractivity (Wildman–Crippen MR) is 119 cm³/mol. The molecule has 2 heterocycles. The van der Waals surface area contributed by atoms with E-state index in [4.69, 9.17) is 17.7 Å². The molecule has 4 aromatic rings. The molecule has 5 rings (SSSR count). The molecule has 208 valence electrons. The van der Waals surface area contributed by atoms with Crippen molar-refractivity contribution in [3.8, 4) is 28.5 Å². The number of halogens is 7. The van der Waals surface area contributed by atoms with Crippen LogP contribution in [0.15, 0.2) is 54.6 Å². The fourth-order valence-corrected chi connectivity index (χ4v) is 4.28. The summed E-state index contributed by atoms with van der Waals surface area (Å²) < 4.78 is 146. The second kappa shape index (κ2) is 9.20. The zero-order valence-corrected chi connectivity index (χ0v) is 20.6. The lowest BCUT2D eigenvalue weighted by Gasteiger charge is -2.20. The highest BCUT2D eigenvalue weighted by atomic mass is 32.2. The molecule has 0 fully saturated rings. The molecule has 1 aliphatic rings. The van der Waals surface area contributed by atoms with Gasteiger partial charge in [0.2, 0.25) is 11.2 Å². The van der Waals surface area contributed by atoms with Crippen molar-refractivity contribution < 1.29 is 65.6 Å². The fraction of sp³-hybridized carbons (Fsp3) is 0.136. The molecule has 0 saturated carbocycles. The van der Waals surface area contributed by atoms with Crippen LogP contribution in [-0.4, -0.2) is 32.4 Å². The third kappa shape index (κ3) is 5.16. The first-order valence-electron chi connectivity index (χ1n) is 10.2. The van der Waals surface area contributed by atoms with E-state index in [0.29, 0.717) is 44.4 Å². The first-order valence-corrected chi connectivity index (χ1v) is 13.0. The Balaban J connectivity index is 0.000000386. The van der Waals surface area contributed by atoms with Crippen LogP contribution in [0.3, 0.4) is 0 Å². The van der Waals surface area contributed by atoms with Gasteiger partial charge >= 0.3 is 21.1 Å². The van der Waals surface area contributed by atoms with Crippen LogP contribution >= 0.6 is 0 Å². The Bertz CT molecular complexity index is 1850. The maximum atomic E-state index is 14.0. The van der Waals surface area contributed by atoms with E-state index in [0.717, 1.165) is 6.07 Å². The lowest BCUT2D eigenvalue weighted by atomic mass is 9.96. The third-order valence-electron chi connectivity index (χ3n) is 5.41. The van der Waals surface area contributed by atoms with Crippen LogP contribution in [0.1, 0.15) is 0 Å². The number of fused-ring (bicyclic) bond motifs is 4. The molecule has 0 atom stereocenters. The Hall–Kier alpha value is -3.70. The minimum Gasteiger partial charge on any atom is -0.741 e. The van der Waals surface area contributed by atoms with Crippen molar-refractivity contribution in [2.24, 2.45) is 7.05 Å². The Morgan fingerprint density at radius 1 is 0.846 bits per heavy atom. The molecule has 0 unspecified atom stereocenters. The maximum Gasteiger partial charge on any atom is 0.534 e. The summed E-state index contributed by atoms with van der Waals surface area (Å²) in [5.74, 6) is -0.00882. The molecule has 0 saturated heterocycles. The lowest BCUT2D eigenvalue weighted by Crippen LogP contribution is -2.33. The molecule has 1 aliphatic heterocycles. The first-order chi connectivity index (χ1) is 17.8. The van der Waals surface area contributed by atoms with E-state index in [1.54, 1.807) is 29.8 Å². The van der Waals surface area contributed by atoms with Crippen molar-refractivity contribution >= 4 is 41.9 Å². The Morgan fingerprint density at radius 2 is 1.49 bits per heavy atom. The van der Waals surface area contributed by atoms with Crippen molar-refractivity contribution in [3.63, 3.8) is 0 Å². The molecule has 0 spiro atoms. The van der Waals surface area contributed by atoms with E-state index < -0.39 is 42.8 Å². The van der Waals surface area contributed by atoms with Crippen molar-refractivity contribution in [2.45, 2.75) is 11.0 Å². The van der Waals surface area contributed by atoms with E-state index >= 15 is 0 Å². The van der Waals surface area contributed by atoms with Crippen LogP contribution in [0.2, 0.25) is 0 Å². The molecule has 0 radical (unpaired) electrons. The summed E-state index contributed by atoms with van der Waals surface area (Å²) in [6, 6.07) is 13.2. The minimum atomic E-state index is -6.09. The van der Waals surface area contributed by atoms with Crippen LogP contribution in [0.5, 0.6) is 17.2 Å². The highest BCUT2D eigenvalue weighted by molar-refractivity contribution is 7.88. The number of hydrogen-bond donors (Lipinski definition) is 0. The molecular formula is C22H12F7NO7S2. The summed E-state index contributed by atoms with van der Waals surface area (Å²) in [5, 5.41) is 2.04. The van der Waals surface area contributed by atoms with Gasteiger partial charge < -0.3 is 13.5 Å². The molecule has 0 bridgehead atoms. The monoisotopic (exact) mass is 599 g/mol. The quantitative estimate of drug-likeness (QED) is 0.0700. The van der Waals surface area contributed by atoms with Crippen molar-refractivity contribution in [2.75, 3.05) is 0 Å². The van der Waals surface area contributed by atoms with Gasteiger partial charge in [-0.2, -0.15) is 39.3 Å². The van der Waals surface area contributed by atoms with Gasteiger partial charge in [0.1, 0.15) is 30.1 Å². The van der Waals surface area contributed by atoms with Gasteiger partial charge in [-0.3, -0.25) is 0 Å². The number of nitrogens with zero attached hydrogens (tertiary/aromatic N) is 1. The van der Waals surface area contributed by atoms with E-state index in [9.17, 15) is 39.2 Å². The van der Waals surface area contributed by atoms with Crippen molar-refractivity contribution in [1.82, 2.24) is 0 Å². The van der Waals surface area contributed by atoms with Crippen molar-refractivity contribution in [1.29, 1.82) is 0 Å². The Labute approximate surface area is 214 Å². The zero-order valence-electron chi connectivity index (χ0n) is 19.0. The number of aryl methyl sites for hydroxylation is 1. The molecule has 0 N–H and O–H groups in total. The summed E-state index contributed by atoms with van der Waals surface area (Å²) in [6.45, 7) is 0. The van der Waals surface area contributed by atoms with Gasteiger partial charge in [-0.05, 0) is 36.4 Å². The van der Waals surface area contributed by atoms with Crippen LogP contribution in [0.25, 0.3) is 32.9 Å². The van der Waals surface area contributed by atoms with Gasteiger partial charge in [-0.1, -0.05) is 12.1 Å². The van der Waals surface area contributed by atoms with Gasteiger partial charge in [0.15, 0.2) is 10.1 Å². The van der Waals surface area contributed by atoms with Gasteiger partial charge in [-0.25, -0.2) is 12.8 Å². The summed E-state index contributed by atoms with van der Waals surface area (Å²) >= 11 is 0. The summed E-state index contributed by atoms with van der Waals surface area (Å²) in [4.78, 5) is 0. The lowest BCUT2D eigenvalue weighted by molar-refractivity contribution is -0.632. The van der Waals surface area contributed by atoms with Crippen molar-refractivity contribution in [3.05, 3.63) is 60.4 Å². The van der Waals surface area contributed by atoms with Gasteiger partial charge in [-0.15, -0.1) is 0 Å². The highest BCUT2D eigenvalue weighted by Crippen LogP contribution is 2.46. The molecule has 1 aromatic heterocycles. The number of pyridine rings is 1. The van der Waals surface area contributed by atoms with Gasteiger partial charge in [0.25, 0.3) is 0 Å². The van der Waals surface area contributed by atoms with E-state index in [-0.39, 0.29) is 0 Å². The standard InChI is InChI=1S/C21H12F4NO4S.CHF3O3S/c1-26-16-10-12(30-31(27,28)21(23,24)25)6-7-13(16)14-3-2-4-18-19(14)20(26)15-9-11(22)5-8-17(15)29-18;2-1(3,4)8(5,6)7/h2-10H,1H3;(H,5,6,7)/q+1;/p-1. The van der Waals surface area contributed by atoms with Crippen LogP contribution in [0, 0.1) is 5.82 Å². The van der Waals surface area contributed by atoms with Crippen LogP contribution < -0.4 is 13.5 Å². The Morgan fingerprint density at radius 3 is 2.08 bits per heavy atom. The molecule has 8 nitrogen and oxygen atoms in total. The molecule has 0 aliphatic carbocycles. The summed E-state index contributed by atoms with van der Waals surface area (Å²) in [5.41, 5.74) is -9.77. The molecular weight excluding hydrogens is 587 g/mol. The number of alkyl halides is 6. The predicted octanol–water partition coefficient (Wildman–Crippen LogP) is 5.01. The second-order valence-corrected chi connectivity index (χ2v) is 10.8. The maximum absolute atomic E-state index is 14.0. The average molecular weight is 599 g/mol. The topological polar surface area (TPSA) is 114 Å². The van der Waals surface area contributed by atoms with Crippen LogP contribution in [-0.2, 0) is 27.3 Å².